The summed E-state index contributed by atoms with van der Waals surface area (Å²) in [5.74, 6) is -0.194. The first-order chi connectivity index (χ1) is 11.2. The summed E-state index contributed by atoms with van der Waals surface area (Å²) in [6, 6.07) is 17.7. The summed E-state index contributed by atoms with van der Waals surface area (Å²) in [6.07, 6.45) is 1.61. The van der Waals surface area contributed by atoms with Crippen LogP contribution < -0.4 is 11.1 Å². The Hall–Kier alpha value is -2.72. The molecule has 0 aliphatic heterocycles. The number of amides is 1. The van der Waals surface area contributed by atoms with E-state index in [9.17, 15) is 4.79 Å². The first-order valence-electron chi connectivity index (χ1n) is 7.62. The van der Waals surface area contributed by atoms with E-state index in [1.54, 1.807) is 12.3 Å². The van der Waals surface area contributed by atoms with E-state index in [-0.39, 0.29) is 11.9 Å². The molecule has 1 atom stereocenters. The molecule has 0 unspecified atom stereocenters. The summed E-state index contributed by atoms with van der Waals surface area (Å²) in [5.41, 5.74) is 7.98. The maximum absolute atomic E-state index is 12.4. The molecule has 3 rings (SSSR count). The third kappa shape index (κ3) is 3.22. The lowest BCUT2D eigenvalue weighted by atomic mass is 9.99. The van der Waals surface area contributed by atoms with Crippen molar-refractivity contribution in [1.82, 2.24) is 10.3 Å². The molecule has 0 bridgehead atoms. The van der Waals surface area contributed by atoms with Crippen LogP contribution >= 0.6 is 0 Å². The highest BCUT2D eigenvalue weighted by Crippen LogP contribution is 2.24. The van der Waals surface area contributed by atoms with Crippen molar-refractivity contribution in [3.05, 3.63) is 77.6 Å². The molecule has 0 saturated carbocycles. The van der Waals surface area contributed by atoms with Gasteiger partial charge in [-0.3, -0.25) is 9.78 Å². The molecule has 1 heterocycles. The zero-order chi connectivity index (χ0) is 16.2. The van der Waals surface area contributed by atoms with Crippen LogP contribution in [0.25, 0.3) is 10.8 Å². The van der Waals surface area contributed by atoms with Gasteiger partial charge in [0.15, 0.2) is 0 Å². The molecule has 1 aromatic heterocycles. The molecule has 116 valence electrons. The molecule has 3 N–H and O–H groups in total. The Morgan fingerprint density at radius 2 is 1.96 bits per heavy atom. The molecule has 2 aromatic carbocycles. The molecular formula is C19H19N3O. The molecule has 1 amide bonds. The zero-order valence-electron chi connectivity index (χ0n) is 13.0. The van der Waals surface area contributed by atoms with Gasteiger partial charge in [-0.1, -0.05) is 42.5 Å². The number of carbonyl (C=O) groups excluding carboxylic acids is 1. The van der Waals surface area contributed by atoms with Gasteiger partial charge in [0.25, 0.3) is 5.91 Å². The van der Waals surface area contributed by atoms with Crippen LogP contribution in [0.2, 0.25) is 0 Å². The summed E-state index contributed by atoms with van der Waals surface area (Å²) in [7, 11) is 0. The van der Waals surface area contributed by atoms with Crippen LogP contribution in [-0.4, -0.2) is 10.9 Å². The molecule has 0 aliphatic rings. The average Bonchev–Trinajstić information content (AvgIpc) is 2.61. The van der Waals surface area contributed by atoms with Crippen molar-refractivity contribution in [3.8, 4) is 0 Å². The predicted octanol–water partition coefficient (Wildman–Crippen LogP) is 3.18. The fraction of sp³-hybridized carbons (Fsp3) is 0.158. The van der Waals surface area contributed by atoms with Crippen LogP contribution in [0.1, 0.15) is 34.6 Å². The highest BCUT2D eigenvalue weighted by molar-refractivity contribution is 5.93. The van der Waals surface area contributed by atoms with E-state index in [2.05, 4.69) is 28.5 Å². The second-order valence-corrected chi connectivity index (χ2v) is 5.52. The number of hydrogen-bond acceptors (Lipinski definition) is 3. The zero-order valence-corrected chi connectivity index (χ0v) is 13.0. The van der Waals surface area contributed by atoms with Gasteiger partial charge in [-0.2, -0.15) is 0 Å². The van der Waals surface area contributed by atoms with E-state index in [1.165, 1.54) is 0 Å². The molecule has 23 heavy (non-hydrogen) atoms. The second kappa shape index (κ2) is 6.58. The lowest BCUT2D eigenvalue weighted by molar-refractivity contribution is 0.0935. The van der Waals surface area contributed by atoms with Crippen LogP contribution in [0, 0.1) is 0 Å². The number of pyridine rings is 1. The lowest BCUT2D eigenvalue weighted by Gasteiger charge is -2.16. The number of nitrogens with zero attached hydrogens (tertiary/aromatic N) is 1. The molecule has 0 aliphatic carbocycles. The Bertz CT molecular complexity index is 839. The molecular weight excluding hydrogens is 286 g/mol. The largest absolute Gasteiger partial charge is 0.344 e. The molecule has 4 nitrogen and oxygen atoms in total. The van der Waals surface area contributed by atoms with Crippen LogP contribution in [0.5, 0.6) is 0 Å². The van der Waals surface area contributed by atoms with Crippen LogP contribution in [0.15, 0.2) is 60.8 Å². The Morgan fingerprint density at radius 3 is 2.78 bits per heavy atom. The molecule has 3 aromatic rings. The van der Waals surface area contributed by atoms with Crippen LogP contribution in [0.3, 0.4) is 0 Å². The van der Waals surface area contributed by atoms with Crippen molar-refractivity contribution in [3.63, 3.8) is 0 Å². The van der Waals surface area contributed by atoms with Gasteiger partial charge in [0.05, 0.1) is 6.04 Å². The van der Waals surface area contributed by atoms with E-state index in [0.717, 1.165) is 21.9 Å². The molecule has 0 spiro atoms. The van der Waals surface area contributed by atoms with Gasteiger partial charge in [0, 0.05) is 12.7 Å². The summed E-state index contributed by atoms with van der Waals surface area (Å²) in [4.78, 5) is 16.5. The van der Waals surface area contributed by atoms with Crippen LogP contribution in [0.4, 0.5) is 0 Å². The third-order valence-electron chi connectivity index (χ3n) is 3.93. The number of nitrogens with one attached hydrogen (secondary N) is 1. The standard InChI is InChI=1S/C19H19N3O/c1-13(16-8-4-6-15-5-2-3-7-17(15)16)22-19(23)18-11-14(12-20)9-10-21-18/h2-11,13H,12,20H2,1H3,(H,22,23)/t13-/m1/s1. The number of benzene rings is 2. The minimum Gasteiger partial charge on any atom is -0.344 e. The highest BCUT2D eigenvalue weighted by Gasteiger charge is 2.14. The van der Waals surface area contributed by atoms with Crippen molar-refractivity contribution in [2.45, 2.75) is 19.5 Å². The lowest BCUT2D eigenvalue weighted by Crippen LogP contribution is -2.27. The van der Waals surface area contributed by atoms with E-state index in [1.807, 2.05) is 37.3 Å². The number of nitrogens with two attached hydrogens (primary N) is 1. The van der Waals surface area contributed by atoms with E-state index >= 15 is 0 Å². The maximum Gasteiger partial charge on any atom is 0.270 e. The highest BCUT2D eigenvalue weighted by atomic mass is 16.1. The van der Waals surface area contributed by atoms with Crippen LogP contribution in [-0.2, 0) is 6.54 Å². The minimum atomic E-state index is -0.194. The van der Waals surface area contributed by atoms with Gasteiger partial charge in [-0.25, -0.2) is 0 Å². The fourth-order valence-corrected chi connectivity index (χ4v) is 2.70. The Morgan fingerprint density at radius 1 is 1.17 bits per heavy atom. The number of aromatic nitrogens is 1. The van der Waals surface area contributed by atoms with Gasteiger partial charge < -0.3 is 11.1 Å². The topological polar surface area (TPSA) is 68.0 Å². The fourth-order valence-electron chi connectivity index (χ4n) is 2.70. The first-order valence-corrected chi connectivity index (χ1v) is 7.62. The molecule has 0 radical (unpaired) electrons. The Balaban J connectivity index is 1.85. The van der Waals surface area contributed by atoms with Gasteiger partial charge in [0.2, 0.25) is 0 Å². The monoisotopic (exact) mass is 305 g/mol. The smallest absolute Gasteiger partial charge is 0.270 e. The maximum atomic E-state index is 12.4. The van der Waals surface area contributed by atoms with E-state index < -0.39 is 0 Å². The molecule has 0 fully saturated rings. The van der Waals surface area contributed by atoms with Crippen molar-refractivity contribution in [2.75, 3.05) is 0 Å². The van der Waals surface area contributed by atoms with Crippen molar-refractivity contribution in [2.24, 2.45) is 5.73 Å². The summed E-state index contributed by atoms with van der Waals surface area (Å²) >= 11 is 0. The number of carbonyl (C=O) groups is 1. The molecule has 0 saturated heterocycles. The van der Waals surface area contributed by atoms with Gasteiger partial charge in [-0.05, 0) is 41.0 Å². The quantitative estimate of drug-likeness (QED) is 0.778. The number of rotatable bonds is 4. The first kappa shape index (κ1) is 15.2. The minimum absolute atomic E-state index is 0.114. The summed E-state index contributed by atoms with van der Waals surface area (Å²) in [5, 5.41) is 5.32. The summed E-state index contributed by atoms with van der Waals surface area (Å²) < 4.78 is 0. The second-order valence-electron chi connectivity index (χ2n) is 5.52. The SMILES string of the molecule is C[C@@H](NC(=O)c1cc(CN)ccn1)c1cccc2ccccc12. The predicted molar refractivity (Wildman–Crippen MR) is 92.0 cm³/mol. The number of fused-ring (bicyclic) bond motifs is 1. The molecule has 4 heteroatoms. The van der Waals surface area contributed by atoms with Crippen molar-refractivity contribution in [1.29, 1.82) is 0 Å². The van der Waals surface area contributed by atoms with Gasteiger partial charge >= 0.3 is 0 Å². The average molecular weight is 305 g/mol. The van der Waals surface area contributed by atoms with Crippen molar-refractivity contribution < 1.29 is 4.79 Å². The third-order valence-corrected chi connectivity index (χ3v) is 3.93. The van der Waals surface area contributed by atoms with E-state index in [4.69, 9.17) is 5.73 Å². The summed E-state index contributed by atoms with van der Waals surface area (Å²) in [6.45, 7) is 2.37. The van der Waals surface area contributed by atoms with Gasteiger partial charge in [0.1, 0.15) is 5.69 Å². The van der Waals surface area contributed by atoms with Gasteiger partial charge in [-0.15, -0.1) is 0 Å². The Labute approximate surface area is 135 Å². The normalized spacial score (nSPS) is 12.1. The number of hydrogen-bond donors (Lipinski definition) is 2. The Kier molecular flexibility index (Phi) is 4.35. The van der Waals surface area contributed by atoms with Crippen molar-refractivity contribution >= 4 is 16.7 Å². The van der Waals surface area contributed by atoms with E-state index in [0.29, 0.717) is 12.2 Å².